The van der Waals surface area contributed by atoms with E-state index in [0.717, 1.165) is 0 Å². The maximum atomic E-state index is 12.1. The molecule has 1 amide bonds. The minimum Gasteiger partial charge on any atom is -0.462 e. The topological polar surface area (TPSA) is 92.3 Å². The molecule has 8 heteroatoms. The van der Waals surface area contributed by atoms with E-state index in [0.29, 0.717) is 6.61 Å². The summed E-state index contributed by atoms with van der Waals surface area (Å²) in [4.78, 5) is 24.0. The molecule has 156 valence electrons. The Morgan fingerprint density at radius 3 is 2.22 bits per heavy atom. The molecule has 2 heterocycles. The van der Waals surface area contributed by atoms with Crippen LogP contribution in [-0.2, 0) is 33.3 Å². The number of amides is 1. The van der Waals surface area contributed by atoms with Crippen LogP contribution in [0.1, 0.15) is 55.4 Å². The Hall–Kier alpha value is -1.22. The van der Waals surface area contributed by atoms with E-state index in [2.05, 4.69) is 5.32 Å². The van der Waals surface area contributed by atoms with E-state index in [4.69, 9.17) is 23.7 Å². The lowest BCUT2D eigenvalue weighted by molar-refractivity contribution is -0.167. The first-order valence-corrected chi connectivity index (χ1v) is 9.32. The van der Waals surface area contributed by atoms with E-state index < -0.39 is 41.3 Å². The molecule has 2 rings (SSSR count). The van der Waals surface area contributed by atoms with Crippen LogP contribution >= 0.6 is 0 Å². The highest BCUT2D eigenvalue weighted by Crippen LogP contribution is 2.34. The van der Waals surface area contributed by atoms with Crippen molar-refractivity contribution >= 4 is 11.9 Å². The van der Waals surface area contributed by atoms with E-state index in [1.807, 2.05) is 13.8 Å². The smallest absolute Gasteiger partial charge is 0.311 e. The molecular formula is C19H33NO7. The van der Waals surface area contributed by atoms with Gasteiger partial charge < -0.3 is 29.0 Å². The highest BCUT2D eigenvalue weighted by Gasteiger charge is 2.51. The molecule has 27 heavy (non-hydrogen) atoms. The molecule has 0 radical (unpaired) electrons. The van der Waals surface area contributed by atoms with Gasteiger partial charge in [-0.25, -0.2) is 0 Å². The van der Waals surface area contributed by atoms with Crippen LogP contribution in [0.2, 0.25) is 0 Å². The molecule has 1 N–H and O–H groups in total. The maximum absolute atomic E-state index is 12.1. The number of nitrogens with one attached hydrogen (secondary N) is 1. The lowest BCUT2D eigenvalue weighted by atomic mass is 9.97. The van der Waals surface area contributed by atoms with Crippen molar-refractivity contribution in [2.24, 2.45) is 5.41 Å². The number of rotatable bonds is 5. The fourth-order valence-corrected chi connectivity index (χ4v) is 3.18. The second-order valence-electron chi connectivity index (χ2n) is 9.08. The summed E-state index contributed by atoms with van der Waals surface area (Å²) in [5, 5.41) is 2.90. The molecule has 0 spiro atoms. The van der Waals surface area contributed by atoms with Crippen molar-refractivity contribution in [1.29, 1.82) is 0 Å². The zero-order valence-electron chi connectivity index (χ0n) is 17.6. The van der Waals surface area contributed by atoms with Gasteiger partial charge >= 0.3 is 5.97 Å². The highest BCUT2D eigenvalue weighted by molar-refractivity contribution is 5.75. The molecule has 0 bridgehead atoms. The van der Waals surface area contributed by atoms with Crippen LogP contribution in [0.15, 0.2) is 0 Å². The van der Waals surface area contributed by atoms with Crippen molar-refractivity contribution in [3.05, 3.63) is 0 Å². The summed E-state index contributed by atoms with van der Waals surface area (Å²) in [6, 6.07) is -0.510. The van der Waals surface area contributed by atoms with E-state index in [1.54, 1.807) is 34.6 Å². The molecule has 0 aliphatic carbocycles. The lowest BCUT2D eigenvalue weighted by Gasteiger charge is -2.31. The Morgan fingerprint density at radius 1 is 1.11 bits per heavy atom. The van der Waals surface area contributed by atoms with Crippen molar-refractivity contribution in [3.63, 3.8) is 0 Å². The standard InChI is InChI=1S/C19H33NO7/c1-11(21)20-14(12-10-24-18(5,6)25-12)15-13(26-19(7,8)27-15)9-23-16(22)17(2,3)4/h12-15H,9-10H2,1-8H3,(H,20,21). The fourth-order valence-electron chi connectivity index (χ4n) is 3.18. The van der Waals surface area contributed by atoms with Crippen LogP contribution < -0.4 is 5.32 Å². The zero-order valence-corrected chi connectivity index (χ0v) is 17.6. The van der Waals surface area contributed by atoms with Crippen LogP contribution in [-0.4, -0.2) is 61.0 Å². The van der Waals surface area contributed by atoms with Crippen LogP contribution in [0.25, 0.3) is 0 Å². The van der Waals surface area contributed by atoms with Crippen molar-refractivity contribution in [2.45, 2.75) is 91.3 Å². The predicted molar refractivity (Wildman–Crippen MR) is 96.7 cm³/mol. The quantitative estimate of drug-likeness (QED) is 0.719. The zero-order chi connectivity index (χ0) is 20.6. The first-order chi connectivity index (χ1) is 12.2. The summed E-state index contributed by atoms with van der Waals surface area (Å²) in [6.07, 6.45) is -1.51. The van der Waals surface area contributed by atoms with Gasteiger partial charge in [-0.2, -0.15) is 0 Å². The van der Waals surface area contributed by atoms with Crippen molar-refractivity contribution in [2.75, 3.05) is 13.2 Å². The Morgan fingerprint density at radius 2 is 1.74 bits per heavy atom. The maximum Gasteiger partial charge on any atom is 0.311 e. The number of carbonyl (C=O) groups excluding carboxylic acids is 2. The minimum atomic E-state index is -0.880. The number of carbonyl (C=O) groups is 2. The van der Waals surface area contributed by atoms with Crippen molar-refractivity contribution in [3.8, 4) is 0 Å². The molecule has 4 atom stereocenters. The molecule has 4 unspecified atom stereocenters. The van der Waals surface area contributed by atoms with Crippen molar-refractivity contribution < 1.29 is 33.3 Å². The second-order valence-corrected chi connectivity index (χ2v) is 9.08. The first-order valence-electron chi connectivity index (χ1n) is 9.32. The Bertz CT molecular complexity index is 567. The number of ether oxygens (including phenoxy) is 5. The van der Waals surface area contributed by atoms with Gasteiger partial charge in [-0.1, -0.05) is 0 Å². The minimum absolute atomic E-state index is 0.0251. The van der Waals surface area contributed by atoms with Gasteiger partial charge in [0, 0.05) is 6.92 Å². The Kier molecular flexibility index (Phi) is 6.26. The first kappa shape index (κ1) is 22.1. The number of hydrogen-bond acceptors (Lipinski definition) is 7. The van der Waals surface area contributed by atoms with Crippen LogP contribution in [0.5, 0.6) is 0 Å². The molecule has 0 saturated carbocycles. The molecule has 0 aromatic rings. The molecule has 2 aliphatic rings. The summed E-state index contributed by atoms with van der Waals surface area (Å²) in [5.74, 6) is -2.17. The van der Waals surface area contributed by atoms with Gasteiger partial charge in [-0.05, 0) is 48.5 Å². The number of hydrogen-bond donors (Lipinski definition) is 1. The van der Waals surface area contributed by atoms with Gasteiger partial charge in [0.2, 0.25) is 5.91 Å². The van der Waals surface area contributed by atoms with E-state index >= 15 is 0 Å². The molecule has 2 saturated heterocycles. The van der Waals surface area contributed by atoms with Gasteiger partial charge in [0.1, 0.15) is 24.9 Å². The third-order valence-electron chi connectivity index (χ3n) is 4.37. The van der Waals surface area contributed by atoms with Gasteiger partial charge in [0.05, 0.1) is 18.1 Å². The summed E-state index contributed by atoms with van der Waals surface area (Å²) in [5.41, 5.74) is -0.617. The van der Waals surface area contributed by atoms with Crippen LogP contribution in [0.3, 0.4) is 0 Å². The van der Waals surface area contributed by atoms with E-state index in [-0.39, 0.29) is 18.5 Å². The molecule has 0 aromatic carbocycles. The molecule has 2 aliphatic heterocycles. The normalized spacial score (nSPS) is 30.7. The Labute approximate surface area is 161 Å². The van der Waals surface area contributed by atoms with Gasteiger partial charge in [0.15, 0.2) is 11.6 Å². The third-order valence-corrected chi connectivity index (χ3v) is 4.37. The number of esters is 1. The van der Waals surface area contributed by atoms with Crippen LogP contribution in [0, 0.1) is 5.41 Å². The molecular weight excluding hydrogens is 354 g/mol. The van der Waals surface area contributed by atoms with Gasteiger partial charge in [-0.15, -0.1) is 0 Å². The van der Waals surface area contributed by atoms with E-state index in [9.17, 15) is 9.59 Å². The lowest BCUT2D eigenvalue weighted by Crippen LogP contribution is -2.55. The average Bonchev–Trinajstić information content (AvgIpc) is 2.99. The molecule has 2 fully saturated rings. The highest BCUT2D eigenvalue weighted by atomic mass is 16.8. The molecule has 0 aromatic heterocycles. The Balaban J connectivity index is 2.17. The summed E-state index contributed by atoms with van der Waals surface area (Å²) >= 11 is 0. The fraction of sp³-hybridized carbons (Fsp3) is 0.895. The van der Waals surface area contributed by atoms with Gasteiger partial charge in [0.25, 0.3) is 0 Å². The largest absolute Gasteiger partial charge is 0.462 e. The SMILES string of the molecule is CC(=O)NC(C1COC(C)(C)O1)C1OC(C)(C)OC1COC(=O)C(C)(C)C. The van der Waals surface area contributed by atoms with Crippen molar-refractivity contribution in [1.82, 2.24) is 5.32 Å². The summed E-state index contributed by atoms with van der Waals surface area (Å²) in [6.45, 7) is 14.3. The third kappa shape index (κ3) is 5.88. The summed E-state index contributed by atoms with van der Waals surface area (Å²) in [7, 11) is 0. The van der Waals surface area contributed by atoms with E-state index in [1.165, 1.54) is 6.92 Å². The second kappa shape index (κ2) is 7.66. The molecule has 8 nitrogen and oxygen atoms in total. The van der Waals surface area contributed by atoms with Gasteiger partial charge in [-0.3, -0.25) is 9.59 Å². The summed E-state index contributed by atoms with van der Waals surface area (Å²) < 4.78 is 29.0. The average molecular weight is 387 g/mol. The predicted octanol–water partition coefficient (Wildman–Crippen LogP) is 1.75. The monoisotopic (exact) mass is 387 g/mol. The van der Waals surface area contributed by atoms with Crippen LogP contribution in [0.4, 0.5) is 0 Å².